The van der Waals surface area contributed by atoms with Gasteiger partial charge in [0.1, 0.15) is 5.25 Å². The number of thioether (sulfide) groups is 1. The highest BCUT2D eigenvalue weighted by Crippen LogP contribution is 2.39. The van der Waals surface area contributed by atoms with Crippen LogP contribution < -0.4 is 14.8 Å². The Morgan fingerprint density at radius 3 is 2.65 bits per heavy atom. The molecule has 0 fully saturated rings. The smallest absolute Gasteiger partial charge is 0.262 e. The summed E-state index contributed by atoms with van der Waals surface area (Å²) in [7, 11) is 0. The Labute approximate surface area is 218 Å². The van der Waals surface area contributed by atoms with Gasteiger partial charge >= 0.3 is 0 Å². The number of anilines is 1. The topological polar surface area (TPSA) is 92.6 Å². The van der Waals surface area contributed by atoms with E-state index in [1.807, 2.05) is 23.2 Å². The first-order chi connectivity index (χ1) is 18.0. The molecular weight excluding hydrogens is 488 g/mol. The van der Waals surface area contributed by atoms with Gasteiger partial charge in [0.15, 0.2) is 16.7 Å². The van der Waals surface area contributed by atoms with E-state index in [1.165, 1.54) is 17.3 Å². The molecule has 8 nitrogen and oxygen atoms in total. The zero-order chi connectivity index (χ0) is 25.4. The predicted molar refractivity (Wildman–Crippen MR) is 143 cm³/mol. The van der Waals surface area contributed by atoms with E-state index in [1.54, 1.807) is 18.2 Å². The van der Waals surface area contributed by atoms with Gasteiger partial charge < -0.3 is 14.8 Å². The van der Waals surface area contributed by atoms with Gasteiger partial charge in [-0.2, -0.15) is 10.1 Å². The van der Waals surface area contributed by atoms with E-state index in [0.717, 1.165) is 16.8 Å². The summed E-state index contributed by atoms with van der Waals surface area (Å²) in [5.74, 6) is 0.623. The van der Waals surface area contributed by atoms with Crippen LogP contribution in [0.4, 0.5) is 5.69 Å². The van der Waals surface area contributed by atoms with Crippen LogP contribution in [0.2, 0.25) is 0 Å². The number of aliphatic imine (C=N–C) groups is 1. The first kappa shape index (κ1) is 23.3. The molecule has 0 spiro atoms. The Morgan fingerprint density at radius 2 is 1.84 bits per heavy atom. The van der Waals surface area contributed by atoms with Gasteiger partial charge in [-0.3, -0.25) is 9.59 Å². The van der Waals surface area contributed by atoms with Crippen LogP contribution >= 0.6 is 11.8 Å². The molecule has 0 unspecified atom stereocenters. The van der Waals surface area contributed by atoms with E-state index in [-0.39, 0.29) is 31.1 Å². The summed E-state index contributed by atoms with van der Waals surface area (Å²) < 4.78 is 10.7. The number of fused-ring (bicyclic) bond motifs is 1. The van der Waals surface area contributed by atoms with E-state index in [9.17, 15) is 9.59 Å². The number of rotatable bonds is 5. The summed E-state index contributed by atoms with van der Waals surface area (Å²) in [6.07, 6.45) is 0.694. The number of benzene rings is 3. The van der Waals surface area contributed by atoms with Crippen molar-refractivity contribution in [2.24, 2.45) is 10.1 Å². The summed E-state index contributed by atoms with van der Waals surface area (Å²) in [6, 6.07) is 23.5. The summed E-state index contributed by atoms with van der Waals surface area (Å²) >= 11 is 1.29. The highest BCUT2D eigenvalue weighted by atomic mass is 32.2. The molecule has 1 N–H and O–H groups in total. The average Bonchev–Trinajstić information content (AvgIpc) is 3.63. The molecule has 3 aromatic carbocycles. The van der Waals surface area contributed by atoms with E-state index in [2.05, 4.69) is 53.6 Å². The molecule has 6 rings (SSSR count). The summed E-state index contributed by atoms with van der Waals surface area (Å²) in [5.41, 5.74) is 4.84. The van der Waals surface area contributed by atoms with E-state index < -0.39 is 5.25 Å². The van der Waals surface area contributed by atoms with E-state index >= 15 is 0 Å². The monoisotopic (exact) mass is 512 g/mol. The minimum Gasteiger partial charge on any atom is -0.454 e. The van der Waals surface area contributed by atoms with Gasteiger partial charge in [-0.1, -0.05) is 71.9 Å². The van der Waals surface area contributed by atoms with E-state index in [0.29, 0.717) is 28.8 Å². The number of amidine groups is 1. The quantitative estimate of drug-likeness (QED) is 0.523. The second kappa shape index (κ2) is 9.74. The van der Waals surface area contributed by atoms with Crippen LogP contribution in [0.3, 0.4) is 0 Å². The van der Waals surface area contributed by atoms with Gasteiger partial charge in [0.2, 0.25) is 12.7 Å². The van der Waals surface area contributed by atoms with Gasteiger partial charge in [0, 0.05) is 24.6 Å². The molecule has 3 aliphatic rings. The number of hydrazone groups is 1. The third kappa shape index (κ3) is 4.82. The predicted octanol–water partition coefficient (Wildman–Crippen LogP) is 4.90. The number of carbonyl (C=O) groups is 2. The Balaban J connectivity index is 1.18. The number of carbonyl (C=O) groups excluding carboxylic acids is 2. The normalized spacial score (nSPS) is 20.1. The van der Waals surface area contributed by atoms with Crippen molar-refractivity contribution in [3.8, 4) is 11.5 Å². The lowest BCUT2D eigenvalue weighted by atomic mass is 9.98. The van der Waals surface area contributed by atoms with Crippen LogP contribution in [-0.4, -0.2) is 39.7 Å². The fourth-order valence-electron chi connectivity index (χ4n) is 4.50. The number of hydrogen-bond donors (Lipinski definition) is 1. The third-order valence-corrected chi connectivity index (χ3v) is 7.57. The van der Waals surface area contributed by atoms with Crippen molar-refractivity contribution in [1.82, 2.24) is 5.01 Å². The van der Waals surface area contributed by atoms with Crippen LogP contribution in [-0.2, 0) is 9.59 Å². The molecule has 3 aromatic rings. The molecule has 0 radical (unpaired) electrons. The molecule has 0 bridgehead atoms. The average molecular weight is 513 g/mol. The second-order valence-corrected chi connectivity index (χ2v) is 10.2. The Bertz CT molecular complexity index is 1420. The summed E-state index contributed by atoms with van der Waals surface area (Å²) in [4.78, 5) is 29.9. The van der Waals surface area contributed by atoms with Crippen molar-refractivity contribution >= 4 is 40.1 Å². The van der Waals surface area contributed by atoms with Crippen LogP contribution in [0, 0.1) is 6.92 Å². The number of nitrogens with zero attached hydrogens (tertiary/aromatic N) is 3. The van der Waals surface area contributed by atoms with Crippen LogP contribution in [0.25, 0.3) is 0 Å². The number of aryl methyl sites for hydroxylation is 1. The van der Waals surface area contributed by atoms with Crippen LogP contribution in [0.5, 0.6) is 11.5 Å². The minimum absolute atomic E-state index is 0.00329. The van der Waals surface area contributed by atoms with Crippen LogP contribution in [0.1, 0.15) is 35.6 Å². The fraction of sp³-hybridized carbons (Fsp3) is 0.214. The van der Waals surface area contributed by atoms with Crippen molar-refractivity contribution in [3.63, 3.8) is 0 Å². The van der Waals surface area contributed by atoms with Gasteiger partial charge in [-0.05, 0) is 30.2 Å². The second-order valence-electron chi connectivity index (χ2n) is 9.05. The third-order valence-electron chi connectivity index (χ3n) is 6.43. The van der Waals surface area contributed by atoms with Crippen molar-refractivity contribution < 1.29 is 19.1 Å². The van der Waals surface area contributed by atoms with Gasteiger partial charge in [-0.25, -0.2) is 5.01 Å². The molecule has 0 saturated heterocycles. The Morgan fingerprint density at radius 1 is 1.05 bits per heavy atom. The van der Waals surface area contributed by atoms with Crippen molar-refractivity contribution in [1.29, 1.82) is 0 Å². The lowest BCUT2D eigenvalue weighted by Gasteiger charge is -2.23. The largest absolute Gasteiger partial charge is 0.454 e. The standard InChI is InChI=1S/C28H24N4O4S/c1-17-7-9-18(10-8-17)21-14-22(19-5-3-2-4-6-19)32(31-21)28-30-27(34)25(37-28)15-26(33)29-20-11-12-23-24(13-20)36-16-35-23/h2-13,22,25H,14-16H2,1H3,(H,29,33)/t22-,25-/m1/s1. The van der Waals surface area contributed by atoms with Crippen molar-refractivity contribution in [3.05, 3.63) is 89.5 Å². The maximum absolute atomic E-state index is 12.8. The first-order valence-corrected chi connectivity index (χ1v) is 12.9. The number of nitrogens with one attached hydrogen (secondary N) is 1. The molecule has 0 aromatic heterocycles. The lowest BCUT2D eigenvalue weighted by molar-refractivity contribution is -0.121. The molecule has 3 heterocycles. The molecule has 37 heavy (non-hydrogen) atoms. The number of amides is 2. The molecule has 9 heteroatoms. The maximum Gasteiger partial charge on any atom is 0.262 e. The van der Waals surface area contributed by atoms with Gasteiger partial charge in [0.25, 0.3) is 5.91 Å². The molecule has 2 atom stereocenters. The molecule has 2 amide bonds. The van der Waals surface area contributed by atoms with Crippen LogP contribution in [0.15, 0.2) is 82.9 Å². The molecule has 0 saturated carbocycles. The fourth-order valence-corrected chi connectivity index (χ4v) is 5.56. The van der Waals surface area contributed by atoms with Crippen molar-refractivity contribution in [2.75, 3.05) is 12.1 Å². The zero-order valence-electron chi connectivity index (χ0n) is 20.1. The number of ether oxygens (including phenoxy) is 2. The molecular formula is C28H24N4O4S. The zero-order valence-corrected chi connectivity index (χ0v) is 20.9. The van der Waals surface area contributed by atoms with Gasteiger partial charge in [-0.15, -0.1) is 0 Å². The maximum atomic E-state index is 12.8. The SMILES string of the molecule is Cc1ccc(C2=NN(C3=NC(=O)[C@@H](CC(=O)Nc4ccc5c(c4)OCO5)S3)[C@@H](c3ccccc3)C2)cc1. The highest BCUT2D eigenvalue weighted by molar-refractivity contribution is 8.15. The molecule has 0 aliphatic carbocycles. The highest BCUT2D eigenvalue weighted by Gasteiger charge is 2.39. The lowest BCUT2D eigenvalue weighted by Crippen LogP contribution is -2.25. The van der Waals surface area contributed by atoms with Gasteiger partial charge in [0.05, 0.1) is 11.8 Å². The molecule has 186 valence electrons. The first-order valence-electron chi connectivity index (χ1n) is 12.0. The Hall–Kier alpha value is -4.11. The van der Waals surface area contributed by atoms with E-state index in [4.69, 9.17) is 14.6 Å². The number of hydrogen-bond acceptors (Lipinski definition) is 7. The Kier molecular flexibility index (Phi) is 6.13. The summed E-state index contributed by atoms with van der Waals surface area (Å²) in [6.45, 7) is 2.21. The van der Waals surface area contributed by atoms with Crippen molar-refractivity contribution in [2.45, 2.75) is 31.1 Å². The minimum atomic E-state index is -0.612. The molecule has 3 aliphatic heterocycles. The summed E-state index contributed by atoms with van der Waals surface area (Å²) in [5, 5.41) is 9.48.